The molecule has 2 aliphatic heterocycles. The lowest BCUT2D eigenvalue weighted by Crippen LogP contribution is -2.70. The fourth-order valence-electron chi connectivity index (χ4n) is 8.78. The maximum absolute atomic E-state index is 14.4. The van der Waals surface area contributed by atoms with E-state index in [1.165, 1.54) is 0 Å². The zero-order valence-corrected chi connectivity index (χ0v) is 33.0. The lowest BCUT2D eigenvalue weighted by Gasteiger charge is -2.59. The molecule has 1 saturated carbocycles. The minimum atomic E-state index is -1.45. The molecule has 0 spiro atoms. The molecule has 0 bridgehead atoms. The average molecular weight is 795 g/mol. The number of unbranched alkanes of at least 4 members (excludes halogenated alkanes) is 2. The first kappa shape index (κ1) is 41.4. The summed E-state index contributed by atoms with van der Waals surface area (Å²) in [5.74, 6) is 0.672. The molecule has 2 aliphatic carbocycles. The van der Waals surface area contributed by atoms with Gasteiger partial charge in [-0.05, 0) is 85.9 Å². The fraction of sp³-hybridized carbons (Fsp3) is 0.535. The number of hydrogen-bond donors (Lipinski definition) is 2. The standard InChI is InChI=1S/C43H55ClN2O10/c1-4-20-50-31-14-16-36-34(25-31)40-32(12-8-10-19-48)30(11-7-9-18-47)24-33-35(45-55-6-3)26-39(43(56-36,41(33)40)54-21-5-2)46(42(49)51-22-17-44)27-29-13-15-37-38(23-29)53-28-52-37/h4-5,13-16,23-25,30,32,39-41,47-48H,1-2,6-12,17-22,26-28H2,3H3. The van der Waals surface area contributed by atoms with Crippen molar-refractivity contribution in [2.24, 2.45) is 22.9 Å². The van der Waals surface area contributed by atoms with Crippen molar-refractivity contribution >= 4 is 23.4 Å². The second-order valence-electron chi connectivity index (χ2n) is 14.4. The summed E-state index contributed by atoms with van der Waals surface area (Å²) in [6.07, 6.45) is 9.97. The number of carbonyl (C=O) groups excluding carboxylic acids is 1. The van der Waals surface area contributed by atoms with E-state index in [1.807, 2.05) is 37.3 Å². The SMILES string of the molecule is C=CCOc1ccc2c(c1)C1C(CCCCO)C(CCCCO)C=C3C(=NOCC)CC(N(Cc4ccc5c(c4)OCO5)C(=O)OCCCl)C(OCC=C)(O2)C31. The Morgan fingerprint density at radius 3 is 2.54 bits per heavy atom. The van der Waals surface area contributed by atoms with E-state index < -0.39 is 23.8 Å². The molecule has 2 aromatic carbocycles. The first-order chi connectivity index (χ1) is 27.4. The van der Waals surface area contributed by atoms with Gasteiger partial charge in [0.2, 0.25) is 12.6 Å². The lowest BCUT2D eigenvalue weighted by atomic mass is 9.55. The van der Waals surface area contributed by atoms with Crippen LogP contribution in [0.3, 0.4) is 0 Å². The van der Waals surface area contributed by atoms with Crippen molar-refractivity contribution in [3.63, 3.8) is 0 Å². The fourth-order valence-corrected chi connectivity index (χ4v) is 8.86. The monoisotopic (exact) mass is 794 g/mol. The Morgan fingerprint density at radius 2 is 1.79 bits per heavy atom. The molecule has 56 heavy (non-hydrogen) atoms. The number of rotatable bonds is 21. The van der Waals surface area contributed by atoms with Crippen LogP contribution >= 0.6 is 11.6 Å². The Bertz CT molecular complexity index is 1730. The van der Waals surface area contributed by atoms with Gasteiger partial charge in [0.25, 0.3) is 0 Å². The van der Waals surface area contributed by atoms with Gasteiger partial charge >= 0.3 is 6.09 Å². The molecule has 0 aromatic heterocycles. The van der Waals surface area contributed by atoms with Gasteiger partial charge in [0.05, 0.1) is 24.1 Å². The van der Waals surface area contributed by atoms with Crippen molar-refractivity contribution < 1.29 is 48.3 Å². The number of oxime groups is 1. The van der Waals surface area contributed by atoms with E-state index in [0.717, 1.165) is 42.4 Å². The molecule has 2 heterocycles. The topological polar surface area (TPSA) is 138 Å². The Morgan fingerprint density at radius 1 is 1.02 bits per heavy atom. The highest BCUT2D eigenvalue weighted by molar-refractivity contribution is 6.18. The molecular weight excluding hydrogens is 740 g/mol. The van der Waals surface area contributed by atoms with Gasteiger partial charge in [0.1, 0.15) is 37.4 Å². The number of alkyl halides is 1. The molecule has 6 unspecified atom stereocenters. The molecule has 13 heteroatoms. The second-order valence-corrected chi connectivity index (χ2v) is 14.8. The maximum atomic E-state index is 14.4. The molecule has 2 N–H and O–H groups in total. The third kappa shape index (κ3) is 8.83. The van der Waals surface area contributed by atoms with E-state index in [1.54, 1.807) is 17.1 Å². The van der Waals surface area contributed by atoms with Gasteiger partial charge in [-0.2, -0.15) is 0 Å². The summed E-state index contributed by atoms with van der Waals surface area (Å²) in [6, 6.07) is 10.7. The number of amides is 1. The summed E-state index contributed by atoms with van der Waals surface area (Å²) in [7, 11) is 0. The Hall–Kier alpha value is -4.23. The van der Waals surface area contributed by atoms with Gasteiger partial charge in [0.15, 0.2) is 11.5 Å². The molecule has 12 nitrogen and oxygen atoms in total. The van der Waals surface area contributed by atoms with Crippen LogP contribution in [0.15, 0.2) is 78.5 Å². The van der Waals surface area contributed by atoms with Gasteiger partial charge in [-0.15, -0.1) is 18.2 Å². The summed E-state index contributed by atoms with van der Waals surface area (Å²) >= 11 is 6.06. The third-order valence-corrected chi connectivity index (χ3v) is 11.2. The van der Waals surface area contributed by atoms with Gasteiger partial charge in [-0.1, -0.05) is 48.9 Å². The number of allylic oxidation sites excluding steroid dienone is 1. The van der Waals surface area contributed by atoms with Crippen LogP contribution in [0.25, 0.3) is 0 Å². The number of aliphatic hydroxyl groups is 2. The average Bonchev–Trinajstić information content (AvgIpc) is 3.69. The molecule has 1 fully saturated rings. The van der Waals surface area contributed by atoms with Crippen LogP contribution in [0, 0.1) is 17.8 Å². The number of ether oxygens (including phenoxy) is 6. The molecule has 0 radical (unpaired) electrons. The first-order valence-corrected chi connectivity index (χ1v) is 20.3. The highest BCUT2D eigenvalue weighted by atomic mass is 35.5. The summed E-state index contributed by atoms with van der Waals surface area (Å²) in [5, 5.41) is 24.4. The molecular formula is C43H55ClN2O10. The summed E-state index contributed by atoms with van der Waals surface area (Å²) in [4.78, 5) is 21.9. The largest absolute Gasteiger partial charge is 0.490 e. The maximum Gasteiger partial charge on any atom is 0.410 e. The highest BCUT2D eigenvalue weighted by Crippen LogP contribution is 2.62. The van der Waals surface area contributed by atoms with E-state index in [-0.39, 0.29) is 69.8 Å². The predicted molar refractivity (Wildman–Crippen MR) is 212 cm³/mol. The smallest absolute Gasteiger partial charge is 0.410 e. The van der Waals surface area contributed by atoms with Crippen LogP contribution < -0.4 is 18.9 Å². The number of fused-ring (bicyclic) bond motifs is 3. The van der Waals surface area contributed by atoms with Crippen molar-refractivity contribution in [1.29, 1.82) is 0 Å². The van der Waals surface area contributed by atoms with Crippen LogP contribution in [-0.4, -0.2) is 91.1 Å². The van der Waals surface area contributed by atoms with Crippen molar-refractivity contribution in [3.8, 4) is 23.0 Å². The zero-order valence-electron chi connectivity index (χ0n) is 32.2. The number of benzene rings is 2. The van der Waals surface area contributed by atoms with Crippen LogP contribution in [0.1, 0.15) is 68.9 Å². The number of nitrogens with zero attached hydrogens (tertiary/aromatic N) is 2. The third-order valence-electron chi connectivity index (χ3n) is 11.0. The Balaban J connectivity index is 1.58. The van der Waals surface area contributed by atoms with Gasteiger partial charge in [0, 0.05) is 37.7 Å². The van der Waals surface area contributed by atoms with Crippen molar-refractivity contribution in [2.75, 3.05) is 52.3 Å². The molecule has 1 amide bonds. The van der Waals surface area contributed by atoms with Crippen LogP contribution in [0.4, 0.5) is 4.79 Å². The molecule has 6 atom stereocenters. The Kier molecular flexibility index (Phi) is 14.6. The van der Waals surface area contributed by atoms with E-state index in [4.69, 9.17) is 50.0 Å². The van der Waals surface area contributed by atoms with E-state index >= 15 is 0 Å². The molecule has 304 valence electrons. The number of halogens is 1. The van der Waals surface area contributed by atoms with Crippen LogP contribution in [0.5, 0.6) is 23.0 Å². The number of carbonyl (C=O) groups is 1. The van der Waals surface area contributed by atoms with Crippen LogP contribution in [-0.2, 0) is 20.9 Å². The normalized spacial score (nSPS) is 25.0. The molecule has 2 aromatic rings. The highest BCUT2D eigenvalue weighted by Gasteiger charge is 2.65. The predicted octanol–water partition coefficient (Wildman–Crippen LogP) is 7.51. The summed E-state index contributed by atoms with van der Waals surface area (Å²) in [5.41, 5.74) is 3.38. The number of aliphatic hydroxyl groups excluding tert-OH is 2. The molecule has 4 aliphatic rings. The van der Waals surface area contributed by atoms with E-state index in [2.05, 4.69) is 25.3 Å². The van der Waals surface area contributed by atoms with Gasteiger partial charge in [-0.3, -0.25) is 4.90 Å². The van der Waals surface area contributed by atoms with Crippen LogP contribution in [0.2, 0.25) is 0 Å². The minimum Gasteiger partial charge on any atom is -0.490 e. The van der Waals surface area contributed by atoms with Crippen molar-refractivity contribution in [2.45, 2.75) is 76.2 Å². The van der Waals surface area contributed by atoms with E-state index in [0.29, 0.717) is 54.8 Å². The van der Waals surface area contributed by atoms with Crippen molar-refractivity contribution in [3.05, 3.63) is 84.5 Å². The molecule has 6 rings (SSSR count). The summed E-state index contributed by atoms with van der Waals surface area (Å²) < 4.78 is 37.5. The zero-order chi connectivity index (χ0) is 39.5. The Labute approximate surface area is 334 Å². The quantitative estimate of drug-likeness (QED) is 0.0566. The minimum absolute atomic E-state index is 0.00197. The second kappa shape index (κ2) is 19.8. The van der Waals surface area contributed by atoms with E-state index in [9.17, 15) is 15.0 Å². The van der Waals surface area contributed by atoms with Crippen molar-refractivity contribution in [1.82, 2.24) is 4.90 Å². The number of hydrogen-bond acceptors (Lipinski definition) is 11. The lowest BCUT2D eigenvalue weighted by molar-refractivity contribution is -0.256. The van der Waals surface area contributed by atoms with Gasteiger partial charge in [-0.25, -0.2) is 4.79 Å². The molecule has 0 saturated heterocycles. The first-order valence-electron chi connectivity index (χ1n) is 19.7. The summed E-state index contributed by atoms with van der Waals surface area (Å²) in [6.45, 7) is 11.0. The van der Waals surface area contributed by atoms with Gasteiger partial charge < -0.3 is 43.5 Å².